The molecule has 1 rings (SSSR count). The molecule has 0 aliphatic carbocycles. The van der Waals surface area contributed by atoms with Gasteiger partial charge in [0.05, 0.1) is 7.11 Å². The third-order valence-corrected chi connectivity index (χ3v) is 1.60. The fraction of sp³-hybridized carbons (Fsp3) is 0.143. The molecule has 0 unspecified atom stereocenters. The Labute approximate surface area is 78.2 Å². The minimum atomic E-state index is -0.947. The SMILES string of the molecule is COC(=O)/C(Cl)=C1\C=C(O)C(=O)O1. The minimum Gasteiger partial charge on any atom is -0.502 e. The Kier molecular flexibility index (Phi) is 2.57. The lowest BCUT2D eigenvalue weighted by Crippen LogP contribution is -2.04. The van der Waals surface area contributed by atoms with Crippen molar-refractivity contribution in [3.8, 4) is 0 Å². The summed E-state index contributed by atoms with van der Waals surface area (Å²) in [4.78, 5) is 21.4. The van der Waals surface area contributed by atoms with Crippen molar-refractivity contribution in [1.82, 2.24) is 0 Å². The molecule has 70 valence electrons. The number of carbonyl (C=O) groups is 2. The van der Waals surface area contributed by atoms with Crippen LogP contribution in [0.25, 0.3) is 0 Å². The molecule has 0 amide bonds. The molecule has 13 heavy (non-hydrogen) atoms. The van der Waals surface area contributed by atoms with E-state index in [2.05, 4.69) is 9.47 Å². The highest BCUT2D eigenvalue weighted by Gasteiger charge is 2.25. The Balaban J connectivity index is 2.97. The first kappa shape index (κ1) is 9.60. The second-order valence-electron chi connectivity index (χ2n) is 2.09. The second kappa shape index (κ2) is 3.49. The van der Waals surface area contributed by atoms with E-state index in [1.54, 1.807) is 0 Å². The molecule has 0 fully saturated rings. The van der Waals surface area contributed by atoms with Gasteiger partial charge in [-0.25, -0.2) is 9.59 Å². The highest BCUT2D eigenvalue weighted by Crippen LogP contribution is 2.21. The largest absolute Gasteiger partial charge is 0.502 e. The fourth-order valence-electron chi connectivity index (χ4n) is 0.663. The van der Waals surface area contributed by atoms with Crippen molar-refractivity contribution in [3.05, 3.63) is 22.6 Å². The minimum absolute atomic E-state index is 0.212. The number of aliphatic hydroxyl groups excluding tert-OH is 1. The molecule has 0 aromatic rings. The zero-order valence-electron chi connectivity index (χ0n) is 6.54. The van der Waals surface area contributed by atoms with E-state index >= 15 is 0 Å². The Morgan fingerprint density at radius 1 is 1.69 bits per heavy atom. The Bertz CT molecular complexity index is 328. The third kappa shape index (κ3) is 1.81. The standard InChI is InChI=1S/C7H5ClO5/c1-12-7(11)5(8)4-2-3(9)6(10)13-4/h2,9H,1H3/b5-4-. The maximum atomic E-state index is 10.8. The summed E-state index contributed by atoms with van der Waals surface area (Å²) in [7, 11) is 1.13. The third-order valence-electron chi connectivity index (χ3n) is 1.26. The molecule has 6 heteroatoms. The Morgan fingerprint density at radius 3 is 2.69 bits per heavy atom. The first-order valence-electron chi connectivity index (χ1n) is 3.17. The van der Waals surface area contributed by atoms with Crippen molar-refractivity contribution in [2.24, 2.45) is 0 Å². The zero-order chi connectivity index (χ0) is 10.0. The van der Waals surface area contributed by atoms with Crippen LogP contribution in [0, 0.1) is 0 Å². The first-order valence-corrected chi connectivity index (χ1v) is 3.55. The summed E-state index contributed by atoms with van der Waals surface area (Å²) < 4.78 is 8.69. The van der Waals surface area contributed by atoms with E-state index < -0.39 is 17.7 Å². The van der Waals surface area contributed by atoms with Crippen LogP contribution in [-0.4, -0.2) is 24.2 Å². The number of ether oxygens (including phenoxy) is 2. The molecule has 0 radical (unpaired) electrons. The van der Waals surface area contributed by atoms with Gasteiger partial charge in [0.1, 0.15) is 0 Å². The van der Waals surface area contributed by atoms with Crippen LogP contribution < -0.4 is 0 Å². The number of rotatable bonds is 1. The summed E-state index contributed by atoms with van der Waals surface area (Å²) in [5, 5.41) is 8.42. The van der Waals surface area contributed by atoms with Crippen molar-refractivity contribution in [1.29, 1.82) is 0 Å². The molecule has 0 atom stereocenters. The lowest BCUT2D eigenvalue weighted by atomic mass is 10.4. The van der Waals surface area contributed by atoms with Crippen LogP contribution in [0.1, 0.15) is 0 Å². The number of methoxy groups -OCH3 is 1. The van der Waals surface area contributed by atoms with Gasteiger partial charge in [-0.3, -0.25) is 0 Å². The maximum absolute atomic E-state index is 10.8. The van der Waals surface area contributed by atoms with E-state index in [9.17, 15) is 9.59 Å². The normalized spacial score (nSPS) is 19.2. The Hall–Kier alpha value is -1.49. The van der Waals surface area contributed by atoms with Crippen molar-refractivity contribution >= 4 is 23.5 Å². The summed E-state index contributed by atoms with van der Waals surface area (Å²) in [6, 6.07) is 0. The van der Waals surface area contributed by atoms with Gasteiger partial charge in [0, 0.05) is 6.08 Å². The van der Waals surface area contributed by atoms with Crippen LogP contribution in [0.3, 0.4) is 0 Å². The molecule has 1 aliphatic heterocycles. The molecule has 5 nitrogen and oxygen atoms in total. The van der Waals surface area contributed by atoms with E-state index in [0.29, 0.717) is 0 Å². The molecule has 1 heterocycles. The molecule has 0 aromatic carbocycles. The zero-order valence-corrected chi connectivity index (χ0v) is 7.29. The molecule has 0 spiro atoms. The van der Waals surface area contributed by atoms with E-state index in [1.807, 2.05) is 0 Å². The van der Waals surface area contributed by atoms with Crippen LogP contribution in [-0.2, 0) is 19.1 Å². The van der Waals surface area contributed by atoms with Gasteiger partial charge >= 0.3 is 11.9 Å². The second-order valence-corrected chi connectivity index (χ2v) is 2.47. The van der Waals surface area contributed by atoms with Crippen LogP contribution in [0.15, 0.2) is 22.6 Å². The molecule has 0 saturated carbocycles. The summed E-state index contributed by atoms with van der Waals surface area (Å²) in [6.07, 6.45) is 0.946. The highest BCUT2D eigenvalue weighted by atomic mass is 35.5. The smallest absolute Gasteiger partial charge is 0.378 e. The summed E-state index contributed by atoms with van der Waals surface area (Å²) in [6.45, 7) is 0. The highest BCUT2D eigenvalue weighted by molar-refractivity contribution is 6.41. The van der Waals surface area contributed by atoms with Crippen LogP contribution in [0.2, 0.25) is 0 Å². The van der Waals surface area contributed by atoms with Crippen molar-refractivity contribution in [2.75, 3.05) is 7.11 Å². The number of aliphatic hydroxyl groups is 1. The van der Waals surface area contributed by atoms with Crippen molar-refractivity contribution in [2.45, 2.75) is 0 Å². The average molecular weight is 205 g/mol. The van der Waals surface area contributed by atoms with Gasteiger partial charge in [0.15, 0.2) is 10.8 Å². The van der Waals surface area contributed by atoms with Crippen molar-refractivity contribution in [3.63, 3.8) is 0 Å². The van der Waals surface area contributed by atoms with Gasteiger partial charge in [-0.1, -0.05) is 11.6 Å². The summed E-state index contributed by atoms with van der Waals surface area (Å²) in [5.41, 5.74) is 0. The van der Waals surface area contributed by atoms with Crippen LogP contribution >= 0.6 is 11.6 Å². The molecular formula is C7H5ClO5. The number of hydrogen-bond donors (Lipinski definition) is 1. The lowest BCUT2D eigenvalue weighted by Gasteiger charge is -1.98. The van der Waals surface area contributed by atoms with Gasteiger partial charge in [0.2, 0.25) is 5.76 Å². The van der Waals surface area contributed by atoms with Crippen LogP contribution in [0.5, 0.6) is 0 Å². The summed E-state index contributed by atoms with van der Waals surface area (Å²) >= 11 is 5.44. The van der Waals surface area contributed by atoms with Gasteiger partial charge in [0.25, 0.3) is 0 Å². The average Bonchev–Trinajstić information content (AvgIpc) is 2.44. The molecule has 0 aromatic heterocycles. The first-order chi connectivity index (χ1) is 6.06. The number of allylic oxidation sites excluding steroid dienone is 1. The lowest BCUT2D eigenvalue weighted by molar-refractivity contribution is -0.136. The van der Waals surface area contributed by atoms with Gasteiger partial charge in [-0.05, 0) is 0 Å². The maximum Gasteiger partial charge on any atom is 0.378 e. The molecular weight excluding hydrogens is 200 g/mol. The van der Waals surface area contributed by atoms with Crippen LogP contribution in [0.4, 0.5) is 0 Å². The molecule has 0 bridgehead atoms. The number of cyclic esters (lactones) is 1. The van der Waals surface area contributed by atoms with E-state index in [4.69, 9.17) is 16.7 Å². The van der Waals surface area contributed by atoms with E-state index in [0.717, 1.165) is 13.2 Å². The number of esters is 2. The monoisotopic (exact) mass is 204 g/mol. The van der Waals surface area contributed by atoms with Gasteiger partial charge in [-0.15, -0.1) is 0 Å². The van der Waals surface area contributed by atoms with E-state index in [-0.39, 0.29) is 10.8 Å². The summed E-state index contributed by atoms with van der Waals surface area (Å²) in [5.74, 6) is -2.60. The number of halogens is 1. The topological polar surface area (TPSA) is 72.8 Å². The number of carbonyl (C=O) groups excluding carboxylic acids is 2. The van der Waals surface area contributed by atoms with Gasteiger partial charge < -0.3 is 14.6 Å². The quantitative estimate of drug-likeness (QED) is 0.500. The predicted molar refractivity (Wildman–Crippen MR) is 41.7 cm³/mol. The number of hydrogen-bond acceptors (Lipinski definition) is 5. The molecule has 1 N–H and O–H groups in total. The fourth-order valence-corrected chi connectivity index (χ4v) is 0.833. The Morgan fingerprint density at radius 2 is 2.31 bits per heavy atom. The van der Waals surface area contributed by atoms with Crippen molar-refractivity contribution < 1.29 is 24.2 Å². The molecule has 0 saturated heterocycles. The predicted octanol–water partition coefficient (Wildman–Crippen LogP) is 0.608. The van der Waals surface area contributed by atoms with Gasteiger partial charge in [-0.2, -0.15) is 0 Å². The van der Waals surface area contributed by atoms with E-state index in [1.165, 1.54) is 0 Å². The molecule has 1 aliphatic rings.